The third-order valence-corrected chi connectivity index (χ3v) is 4.41. The Morgan fingerprint density at radius 3 is 2.94 bits per heavy atom. The average Bonchev–Trinajstić information content (AvgIpc) is 2.71. The monoisotopic (exact) mass is 261 g/mol. The van der Waals surface area contributed by atoms with E-state index in [1.807, 2.05) is 0 Å². The number of hydrogen-bond acceptors (Lipinski definition) is 5. The lowest BCUT2D eigenvalue weighted by molar-refractivity contribution is -0.137. The Bertz CT molecular complexity index is 392. The molecule has 2 aliphatic heterocycles. The van der Waals surface area contributed by atoms with Crippen molar-refractivity contribution in [2.45, 2.75) is 31.4 Å². The fourth-order valence-electron chi connectivity index (χ4n) is 2.46. The van der Waals surface area contributed by atoms with Crippen LogP contribution in [-0.2, 0) is 19.4 Å². The van der Waals surface area contributed by atoms with Gasteiger partial charge in [-0.2, -0.15) is 0 Å². The number of ether oxygens (including phenoxy) is 1. The topological polar surface area (TPSA) is 63.7 Å². The van der Waals surface area contributed by atoms with Crippen molar-refractivity contribution in [2.24, 2.45) is 0 Å². The van der Waals surface area contributed by atoms with E-state index in [2.05, 4.69) is 4.90 Å². The zero-order valence-corrected chi connectivity index (χ0v) is 10.9. The first-order valence-corrected chi connectivity index (χ1v) is 8.08. The predicted molar refractivity (Wildman–Crippen MR) is 63.7 cm³/mol. The van der Waals surface area contributed by atoms with Crippen LogP contribution in [0.3, 0.4) is 0 Å². The van der Waals surface area contributed by atoms with E-state index in [1.165, 1.54) is 0 Å². The van der Waals surface area contributed by atoms with Gasteiger partial charge >= 0.3 is 0 Å². The number of carbonyl (C=O) groups excluding carboxylic acids is 1. The van der Waals surface area contributed by atoms with Crippen molar-refractivity contribution >= 4 is 15.6 Å². The van der Waals surface area contributed by atoms with Gasteiger partial charge in [0.15, 0.2) is 5.78 Å². The molecule has 2 aliphatic rings. The van der Waals surface area contributed by atoms with Crippen molar-refractivity contribution < 1.29 is 17.9 Å². The van der Waals surface area contributed by atoms with Crippen molar-refractivity contribution in [1.82, 2.24) is 4.90 Å². The fourth-order valence-corrected chi connectivity index (χ4v) is 3.03. The molecule has 2 heterocycles. The second-order valence-electron chi connectivity index (χ2n) is 4.96. The van der Waals surface area contributed by atoms with Crippen LogP contribution in [-0.4, -0.2) is 63.0 Å². The summed E-state index contributed by atoms with van der Waals surface area (Å²) in [5, 5.41) is 0. The van der Waals surface area contributed by atoms with Crippen LogP contribution in [0.2, 0.25) is 0 Å². The van der Waals surface area contributed by atoms with Crippen molar-refractivity contribution in [2.75, 3.05) is 31.7 Å². The summed E-state index contributed by atoms with van der Waals surface area (Å²) in [4.78, 5) is 14.1. The van der Waals surface area contributed by atoms with Crippen LogP contribution in [0.1, 0.15) is 19.3 Å². The summed E-state index contributed by atoms with van der Waals surface area (Å²) in [5.41, 5.74) is 0. The minimum atomic E-state index is -3.07. The first-order chi connectivity index (χ1) is 7.96. The lowest BCUT2D eigenvalue weighted by Gasteiger charge is -2.34. The molecule has 0 amide bonds. The van der Waals surface area contributed by atoms with Crippen LogP contribution in [0.5, 0.6) is 0 Å². The van der Waals surface area contributed by atoms with E-state index >= 15 is 0 Å². The van der Waals surface area contributed by atoms with Crippen molar-refractivity contribution in [1.29, 1.82) is 0 Å². The zero-order valence-electron chi connectivity index (χ0n) is 10.1. The maximum Gasteiger partial charge on any atom is 0.163 e. The van der Waals surface area contributed by atoms with E-state index in [-0.39, 0.29) is 18.0 Å². The Morgan fingerprint density at radius 2 is 2.24 bits per heavy atom. The van der Waals surface area contributed by atoms with Crippen molar-refractivity contribution in [3.05, 3.63) is 0 Å². The molecule has 2 rings (SSSR count). The summed E-state index contributed by atoms with van der Waals surface area (Å²) in [6, 6.07) is 0.467. The van der Waals surface area contributed by atoms with Gasteiger partial charge in [0.05, 0.1) is 12.4 Å². The average molecular weight is 261 g/mol. The number of nitrogens with zero attached hydrogens (tertiary/aromatic N) is 1. The highest BCUT2D eigenvalue weighted by Crippen LogP contribution is 2.23. The molecule has 0 saturated carbocycles. The second-order valence-corrected chi connectivity index (χ2v) is 7.22. The Morgan fingerprint density at radius 1 is 1.47 bits per heavy atom. The highest BCUT2D eigenvalue weighted by molar-refractivity contribution is 7.90. The normalized spacial score (nSPS) is 30.2. The van der Waals surface area contributed by atoms with Gasteiger partial charge in [0, 0.05) is 25.3 Å². The number of carbonyl (C=O) groups is 1. The smallest absolute Gasteiger partial charge is 0.163 e. The molecule has 0 aromatic carbocycles. The molecule has 6 heteroatoms. The second kappa shape index (κ2) is 5.04. The highest BCUT2D eigenvalue weighted by atomic mass is 32.2. The lowest BCUT2D eigenvalue weighted by atomic mass is 10.1. The Kier molecular flexibility index (Phi) is 3.85. The van der Waals surface area contributed by atoms with Gasteiger partial charge in [0.25, 0.3) is 0 Å². The van der Waals surface area contributed by atoms with Gasteiger partial charge in [-0.1, -0.05) is 0 Å². The molecule has 2 fully saturated rings. The molecule has 0 radical (unpaired) electrons. The molecule has 98 valence electrons. The molecule has 2 unspecified atom stereocenters. The van der Waals surface area contributed by atoms with Crippen LogP contribution in [0.25, 0.3) is 0 Å². The van der Waals surface area contributed by atoms with Crippen LogP contribution in [0.4, 0.5) is 0 Å². The van der Waals surface area contributed by atoms with E-state index in [9.17, 15) is 13.2 Å². The predicted octanol–water partition coefficient (Wildman–Crippen LogP) is -0.147. The summed E-state index contributed by atoms with van der Waals surface area (Å²) in [5.74, 6) is -0.157. The van der Waals surface area contributed by atoms with E-state index in [1.54, 1.807) is 0 Å². The van der Waals surface area contributed by atoms with Gasteiger partial charge in [-0.15, -0.1) is 0 Å². The molecule has 0 bridgehead atoms. The van der Waals surface area contributed by atoms with Crippen LogP contribution in [0.15, 0.2) is 0 Å². The molecule has 5 nitrogen and oxygen atoms in total. The molecular formula is C11H19NO4S. The maximum atomic E-state index is 11.8. The first-order valence-electron chi connectivity index (χ1n) is 6.02. The summed E-state index contributed by atoms with van der Waals surface area (Å²) >= 11 is 0. The SMILES string of the molecule is CS(=O)(=O)CCC(=O)C1CN2CCCC2CO1. The summed E-state index contributed by atoms with van der Waals surface area (Å²) in [6.45, 7) is 2.27. The molecule has 0 spiro atoms. The minimum Gasteiger partial charge on any atom is -0.367 e. The number of rotatable bonds is 4. The van der Waals surface area contributed by atoms with Crippen molar-refractivity contribution in [3.63, 3.8) is 0 Å². The van der Waals surface area contributed by atoms with Crippen LogP contribution < -0.4 is 0 Å². The largest absolute Gasteiger partial charge is 0.367 e. The Balaban J connectivity index is 1.84. The third-order valence-electron chi connectivity index (χ3n) is 3.47. The molecule has 2 atom stereocenters. The number of sulfone groups is 1. The quantitative estimate of drug-likeness (QED) is 0.704. The molecule has 0 aliphatic carbocycles. The number of fused-ring (bicyclic) bond motifs is 1. The van der Waals surface area contributed by atoms with E-state index in [0.717, 1.165) is 25.6 Å². The molecule has 2 saturated heterocycles. The fraction of sp³-hybridized carbons (Fsp3) is 0.909. The lowest BCUT2D eigenvalue weighted by Crippen LogP contribution is -2.49. The summed E-state index contributed by atoms with van der Waals surface area (Å²) in [6.07, 6.45) is 3.11. The summed E-state index contributed by atoms with van der Waals surface area (Å²) in [7, 11) is -3.07. The van der Waals surface area contributed by atoms with Gasteiger partial charge in [0.1, 0.15) is 15.9 Å². The standard InChI is InChI=1S/C11H19NO4S/c1-17(14,15)6-4-10(13)11-7-12-5-2-3-9(12)8-16-11/h9,11H,2-8H2,1H3. The van der Waals surface area contributed by atoms with Gasteiger partial charge in [0.2, 0.25) is 0 Å². The minimum absolute atomic E-state index is 0.0714. The number of ketones is 1. The number of Topliss-reactive ketones (excluding diaryl/α,β-unsaturated/α-hetero) is 1. The molecular weight excluding hydrogens is 242 g/mol. The Hall–Kier alpha value is -0.460. The molecule has 17 heavy (non-hydrogen) atoms. The van der Waals surface area contributed by atoms with Crippen LogP contribution in [0, 0.1) is 0 Å². The zero-order chi connectivity index (χ0) is 12.5. The van der Waals surface area contributed by atoms with Gasteiger partial charge in [-0.3, -0.25) is 9.69 Å². The van der Waals surface area contributed by atoms with E-state index in [4.69, 9.17) is 4.74 Å². The number of morpholine rings is 1. The van der Waals surface area contributed by atoms with Crippen LogP contribution >= 0.6 is 0 Å². The van der Waals surface area contributed by atoms with Crippen molar-refractivity contribution in [3.8, 4) is 0 Å². The van der Waals surface area contributed by atoms with E-state index in [0.29, 0.717) is 19.2 Å². The van der Waals surface area contributed by atoms with Gasteiger partial charge in [-0.05, 0) is 19.4 Å². The van der Waals surface area contributed by atoms with Gasteiger partial charge in [-0.25, -0.2) is 8.42 Å². The maximum absolute atomic E-state index is 11.8. The third kappa shape index (κ3) is 3.50. The molecule has 0 aromatic rings. The van der Waals surface area contributed by atoms with E-state index < -0.39 is 15.9 Å². The first kappa shape index (κ1) is 13.0. The Labute approximate surface area is 102 Å². The number of hydrogen-bond donors (Lipinski definition) is 0. The summed E-state index contributed by atoms with van der Waals surface area (Å²) < 4.78 is 27.5. The molecule has 0 N–H and O–H groups in total. The van der Waals surface area contributed by atoms with Gasteiger partial charge < -0.3 is 4.74 Å². The highest BCUT2D eigenvalue weighted by Gasteiger charge is 2.35. The molecule has 0 aromatic heterocycles.